The van der Waals surface area contributed by atoms with Crippen LogP contribution in [0.25, 0.3) is 0 Å². The van der Waals surface area contributed by atoms with Gasteiger partial charge in [0.1, 0.15) is 0 Å². The number of amides is 3. The Balaban J connectivity index is 1.67. The van der Waals surface area contributed by atoms with E-state index in [9.17, 15) is 14.9 Å². The highest BCUT2D eigenvalue weighted by Crippen LogP contribution is 2.31. The van der Waals surface area contributed by atoms with E-state index < -0.39 is 0 Å². The summed E-state index contributed by atoms with van der Waals surface area (Å²) >= 11 is 0. The van der Waals surface area contributed by atoms with E-state index >= 15 is 0 Å². The van der Waals surface area contributed by atoms with Crippen LogP contribution >= 0.6 is 0 Å². The van der Waals surface area contributed by atoms with Gasteiger partial charge in [0.25, 0.3) is 5.91 Å². The zero-order valence-electron chi connectivity index (χ0n) is 17.7. The van der Waals surface area contributed by atoms with Crippen molar-refractivity contribution in [1.29, 1.82) is 5.26 Å². The highest BCUT2D eigenvalue weighted by Gasteiger charge is 2.26. The van der Waals surface area contributed by atoms with Gasteiger partial charge in [-0.25, -0.2) is 4.79 Å². The summed E-state index contributed by atoms with van der Waals surface area (Å²) in [7, 11) is 0. The van der Waals surface area contributed by atoms with E-state index in [0.29, 0.717) is 30.3 Å². The van der Waals surface area contributed by atoms with E-state index in [1.807, 2.05) is 56.0 Å². The van der Waals surface area contributed by atoms with Crippen molar-refractivity contribution in [2.24, 2.45) is 0 Å². The summed E-state index contributed by atoms with van der Waals surface area (Å²) in [5.41, 5.74) is 3.90. The van der Waals surface area contributed by atoms with Crippen LogP contribution in [0.3, 0.4) is 0 Å². The molecule has 0 unspecified atom stereocenters. The van der Waals surface area contributed by atoms with E-state index in [1.165, 1.54) is 0 Å². The number of nitrogens with zero attached hydrogens (tertiary/aromatic N) is 2. The summed E-state index contributed by atoms with van der Waals surface area (Å²) in [4.78, 5) is 26.9. The first-order chi connectivity index (χ1) is 14.4. The molecule has 2 N–H and O–H groups in total. The van der Waals surface area contributed by atoms with Gasteiger partial charge in [0, 0.05) is 30.4 Å². The number of benzene rings is 2. The van der Waals surface area contributed by atoms with Crippen LogP contribution in [0.4, 0.5) is 10.5 Å². The summed E-state index contributed by atoms with van der Waals surface area (Å²) < 4.78 is 0. The normalized spacial score (nSPS) is 14.3. The first kappa shape index (κ1) is 21.4. The standard InChI is InChI=1S/C24H28N4O2/c1-16(2)26-24(30)27-22-14-19(9-8-17(22)3)23(29)28-12-10-18(11-13-28)21-7-5-4-6-20(21)15-25/h4-9,14,16,18H,10-13H2,1-3H3,(H2,26,27,30). The molecule has 156 valence electrons. The van der Waals surface area contributed by atoms with Crippen molar-refractivity contribution in [2.75, 3.05) is 18.4 Å². The number of hydrogen-bond acceptors (Lipinski definition) is 3. The molecular formula is C24H28N4O2. The van der Waals surface area contributed by atoms with E-state index in [4.69, 9.17) is 0 Å². The third kappa shape index (κ3) is 4.98. The summed E-state index contributed by atoms with van der Waals surface area (Å²) in [6, 6.07) is 15.1. The topological polar surface area (TPSA) is 85.2 Å². The highest BCUT2D eigenvalue weighted by atomic mass is 16.2. The summed E-state index contributed by atoms with van der Waals surface area (Å²) in [5.74, 6) is 0.259. The first-order valence-corrected chi connectivity index (χ1v) is 10.4. The lowest BCUT2D eigenvalue weighted by Gasteiger charge is -2.32. The van der Waals surface area contributed by atoms with Crippen LogP contribution in [0.1, 0.15) is 59.7 Å². The Kier molecular flexibility index (Phi) is 6.73. The third-order valence-electron chi connectivity index (χ3n) is 5.46. The second kappa shape index (κ2) is 9.45. The van der Waals surface area contributed by atoms with Gasteiger partial charge in [-0.15, -0.1) is 0 Å². The van der Waals surface area contributed by atoms with E-state index in [0.717, 1.165) is 29.5 Å². The predicted molar refractivity (Wildman–Crippen MR) is 118 cm³/mol. The quantitative estimate of drug-likeness (QED) is 0.791. The highest BCUT2D eigenvalue weighted by molar-refractivity contribution is 5.97. The predicted octanol–water partition coefficient (Wildman–Crippen LogP) is 4.42. The Labute approximate surface area is 177 Å². The SMILES string of the molecule is Cc1ccc(C(=O)N2CCC(c3ccccc3C#N)CC2)cc1NC(=O)NC(C)C. The molecule has 0 atom stereocenters. The first-order valence-electron chi connectivity index (χ1n) is 10.4. The minimum atomic E-state index is -0.283. The Morgan fingerprint density at radius 3 is 2.50 bits per heavy atom. The molecule has 0 aromatic heterocycles. The van der Waals surface area contributed by atoms with Gasteiger partial charge < -0.3 is 15.5 Å². The van der Waals surface area contributed by atoms with Crippen LogP contribution in [0.2, 0.25) is 0 Å². The van der Waals surface area contributed by atoms with Gasteiger partial charge in [-0.1, -0.05) is 24.3 Å². The number of urea groups is 1. The van der Waals surface area contributed by atoms with Crippen LogP contribution in [-0.2, 0) is 0 Å². The van der Waals surface area contributed by atoms with E-state index in [2.05, 4.69) is 16.7 Å². The molecular weight excluding hydrogens is 376 g/mol. The van der Waals surface area contributed by atoms with Gasteiger partial charge in [-0.05, 0) is 68.9 Å². The average Bonchev–Trinajstić information content (AvgIpc) is 2.74. The summed E-state index contributed by atoms with van der Waals surface area (Å²) in [6.45, 7) is 6.98. The fourth-order valence-corrected chi connectivity index (χ4v) is 3.84. The van der Waals surface area contributed by atoms with Gasteiger partial charge in [-0.3, -0.25) is 4.79 Å². The number of anilines is 1. The Bertz CT molecular complexity index is 969. The number of carbonyl (C=O) groups excluding carboxylic acids is 2. The lowest BCUT2D eigenvalue weighted by atomic mass is 9.86. The molecule has 1 fully saturated rings. The second-order valence-corrected chi connectivity index (χ2v) is 8.05. The molecule has 1 aliphatic rings. The number of piperidine rings is 1. The molecule has 3 amide bonds. The van der Waals surface area contributed by atoms with Crippen LogP contribution in [0.15, 0.2) is 42.5 Å². The van der Waals surface area contributed by atoms with Crippen molar-refractivity contribution < 1.29 is 9.59 Å². The van der Waals surface area contributed by atoms with Gasteiger partial charge in [-0.2, -0.15) is 5.26 Å². The molecule has 6 heteroatoms. The maximum Gasteiger partial charge on any atom is 0.319 e. The number of nitrogens with one attached hydrogen (secondary N) is 2. The van der Waals surface area contributed by atoms with Crippen molar-refractivity contribution in [3.05, 3.63) is 64.7 Å². The lowest BCUT2D eigenvalue weighted by Crippen LogP contribution is -2.38. The van der Waals surface area contributed by atoms with Gasteiger partial charge in [0.05, 0.1) is 11.6 Å². The average molecular weight is 405 g/mol. The number of carbonyl (C=O) groups is 2. The molecule has 1 aliphatic heterocycles. The van der Waals surface area contributed by atoms with Crippen molar-refractivity contribution in [3.8, 4) is 6.07 Å². The second-order valence-electron chi connectivity index (χ2n) is 8.05. The molecule has 0 bridgehead atoms. The Hall–Kier alpha value is -3.33. The number of likely N-dealkylation sites (tertiary alicyclic amines) is 1. The monoisotopic (exact) mass is 404 g/mol. The van der Waals surface area contributed by atoms with Crippen molar-refractivity contribution in [3.63, 3.8) is 0 Å². The smallest absolute Gasteiger partial charge is 0.319 e. The lowest BCUT2D eigenvalue weighted by molar-refractivity contribution is 0.0713. The van der Waals surface area contributed by atoms with Gasteiger partial charge in [0.15, 0.2) is 0 Å². The van der Waals surface area contributed by atoms with Crippen molar-refractivity contribution in [2.45, 2.75) is 45.6 Å². The maximum atomic E-state index is 13.0. The summed E-state index contributed by atoms with van der Waals surface area (Å²) in [6.07, 6.45) is 1.66. The number of rotatable bonds is 4. The molecule has 6 nitrogen and oxygen atoms in total. The molecule has 1 saturated heterocycles. The largest absolute Gasteiger partial charge is 0.339 e. The molecule has 2 aromatic rings. The Morgan fingerprint density at radius 1 is 1.13 bits per heavy atom. The molecule has 2 aromatic carbocycles. The minimum absolute atomic E-state index is 0.0302. The molecule has 3 rings (SSSR count). The number of aryl methyl sites for hydroxylation is 1. The fraction of sp³-hybridized carbons (Fsp3) is 0.375. The zero-order valence-corrected chi connectivity index (χ0v) is 17.7. The zero-order chi connectivity index (χ0) is 21.7. The molecule has 0 radical (unpaired) electrons. The van der Waals surface area contributed by atoms with E-state index in [1.54, 1.807) is 12.1 Å². The summed E-state index contributed by atoms with van der Waals surface area (Å²) in [5, 5.41) is 15.0. The van der Waals surface area contributed by atoms with Crippen LogP contribution in [-0.4, -0.2) is 36.0 Å². The molecule has 30 heavy (non-hydrogen) atoms. The van der Waals surface area contributed by atoms with E-state index in [-0.39, 0.29) is 18.0 Å². The number of hydrogen-bond donors (Lipinski definition) is 2. The van der Waals surface area contributed by atoms with Crippen LogP contribution in [0.5, 0.6) is 0 Å². The van der Waals surface area contributed by atoms with Crippen molar-refractivity contribution >= 4 is 17.6 Å². The van der Waals surface area contributed by atoms with Gasteiger partial charge >= 0.3 is 6.03 Å². The number of nitriles is 1. The molecule has 0 saturated carbocycles. The maximum absolute atomic E-state index is 13.0. The fourth-order valence-electron chi connectivity index (χ4n) is 3.84. The Morgan fingerprint density at radius 2 is 1.83 bits per heavy atom. The third-order valence-corrected chi connectivity index (χ3v) is 5.46. The minimum Gasteiger partial charge on any atom is -0.339 e. The van der Waals surface area contributed by atoms with Crippen LogP contribution < -0.4 is 10.6 Å². The molecule has 0 spiro atoms. The molecule has 1 heterocycles. The van der Waals surface area contributed by atoms with Crippen LogP contribution in [0, 0.1) is 18.3 Å². The van der Waals surface area contributed by atoms with Crippen molar-refractivity contribution in [1.82, 2.24) is 10.2 Å². The van der Waals surface area contributed by atoms with Gasteiger partial charge in [0.2, 0.25) is 0 Å². The molecule has 0 aliphatic carbocycles.